The van der Waals surface area contributed by atoms with Crippen molar-refractivity contribution >= 4 is 17.2 Å². The fourth-order valence-electron chi connectivity index (χ4n) is 3.26. The summed E-state index contributed by atoms with van der Waals surface area (Å²) in [4.78, 5) is 12.5. The molecule has 3 aromatic rings. The van der Waals surface area contributed by atoms with E-state index in [-0.39, 0.29) is 11.7 Å². The normalized spacial score (nSPS) is 11.6. The molecule has 160 valence electrons. The van der Waals surface area contributed by atoms with Crippen molar-refractivity contribution in [2.45, 2.75) is 41.0 Å². The average Bonchev–Trinajstić information content (AvgIpc) is 2.77. The number of phenolic OH excluding ortho intramolecular Hbond substituents is 1. The number of nitrogens with one attached hydrogen (secondary N) is 1. The molecule has 2 N–H and O–H groups in total. The van der Waals surface area contributed by atoms with Gasteiger partial charge in [0.1, 0.15) is 17.2 Å². The molecule has 0 atom stereocenters. The number of aromatic hydroxyl groups is 1. The Morgan fingerprint density at radius 1 is 0.903 bits per heavy atom. The van der Waals surface area contributed by atoms with E-state index in [0.29, 0.717) is 17.0 Å². The van der Waals surface area contributed by atoms with Crippen molar-refractivity contribution in [1.29, 1.82) is 0 Å². The van der Waals surface area contributed by atoms with Crippen molar-refractivity contribution in [2.24, 2.45) is 0 Å². The van der Waals surface area contributed by atoms with Gasteiger partial charge in [0.25, 0.3) is 5.91 Å². The van der Waals surface area contributed by atoms with Crippen LogP contribution < -0.4 is 10.1 Å². The van der Waals surface area contributed by atoms with Crippen LogP contribution in [0.15, 0.2) is 66.2 Å². The Kier molecular flexibility index (Phi) is 6.81. The van der Waals surface area contributed by atoms with E-state index in [1.165, 1.54) is 28.3 Å². The summed E-state index contributed by atoms with van der Waals surface area (Å²) >= 11 is 0. The maximum atomic E-state index is 12.5. The van der Waals surface area contributed by atoms with E-state index in [1.807, 2.05) is 6.07 Å². The minimum Gasteiger partial charge on any atom is -0.508 e. The zero-order chi connectivity index (χ0) is 22.5. The Labute approximate surface area is 184 Å². The van der Waals surface area contributed by atoms with Gasteiger partial charge in [-0.25, -0.2) is 0 Å². The number of anilines is 1. The second-order valence-electron chi connectivity index (χ2n) is 7.82. The molecule has 0 fully saturated rings. The maximum absolute atomic E-state index is 12.5. The number of carbonyl (C=O) groups excluding carboxylic acids is 1. The standard InChI is InChI=1S/C27H29NO3/c1-6-17(2)20(5)25-16-24(12-8-18(25)3)31-23-13-9-21(10-14-23)27(30)28-22-11-7-19(4)26(29)15-22/h7-16,29H,6H2,1-5H3,(H,28,30)/b20-17-. The van der Waals surface area contributed by atoms with Crippen molar-refractivity contribution in [3.63, 3.8) is 0 Å². The molecule has 0 aliphatic rings. The van der Waals surface area contributed by atoms with Crippen LogP contribution >= 0.6 is 0 Å². The van der Waals surface area contributed by atoms with E-state index in [0.717, 1.165) is 17.7 Å². The first-order valence-electron chi connectivity index (χ1n) is 10.4. The number of benzene rings is 3. The third-order valence-electron chi connectivity index (χ3n) is 5.60. The molecule has 0 spiro atoms. The van der Waals surface area contributed by atoms with E-state index in [2.05, 4.69) is 45.1 Å². The molecule has 0 heterocycles. The highest BCUT2D eigenvalue weighted by Crippen LogP contribution is 2.30. The molecule has 4 heteroatoms. The average molecular weight is 416 g/mol. The zero-order valence-corrected chi connectivity index (χ0v) is 18.7. The number of carbonyl (C=O) groups is 1. The van der Waals surface area contributed by atoms with Gasteiger partial charge in [-0.3, -0.25) is 4.79 Å². The first kappa shape index (κ1) is 22.2. The number of aryl methyl sites for hydroxylation is 2. The Balaban J connectivity index is 1.73. The van der Waals surface area contributed by atoms with Gasteiger partial charge >= 0.3 is 0 Å². The van der Waals surface area contributed by atoms with Crippen molar-refractivity contribution in [2.75, 3.05) is 5.32 Å². The molecule has 0 aliphatic heterocycles. The lowest BCUT2D eigenvalue weighted by atomic mass is 9.96. The molecule has 1 amide bonds. The molecule has 0 unspecified atom stereocenters. The van der Waals surface area contributed by atoms with E-state index in [4.69, 9.17) is 4.74 Å². The Bertz CT molecular complexity index is 1130. The second-order valence-corrected chi connectivity index (χ2v) is 7.82. The van der Waals surface area contributed by atoms with Crippen LogP contribution in [0.3, 0.4) is 0 Å². The fourth-order valence-corrected chi connectivity index (χ4v) is 3.26. The molecule has 31 heavy (non-hydrogen) atoms. The molecule has 0 aliphatic carbocycles. The first-order chi connectivity index (χ1) is 14.8. The van der Waals surface area contributed by atoms with Crippen LogP contribution in [0.5, 0.6) is 17.2 Å². The van der Waals surface area contributed by atoms with Gasteiger partial charge in [0.05, 0.1) is 0 Å². The molecule has 0 saturated heterocycles. The Morgan fingerprint density at radius 2 is 1.55 bits per heavy atom. The summed E-state index contributed by atoms with van der Waals surface area (Å²) in [6.07, 6.45) is 1.02. The van der Waals surface area contributed by atoms with Crippen LogP contribution in [0.25, 0.3) is 5.57 Å². The number of ether oxygens (including phenoxy) is 1. The van der Waals surface area contributed by atoms with Crippen molar-refractivity contribution in [3.05, 3.63) is 88.5 Å². The van der Waals surface area contributed by atoms with Crippen LogP contribution in [0, 0.1) is 13.8 Å². The molecule has 0 saturated carbocycles. The van der Waals surface area contributed by atoms with E-state index >= 15 is 0 Å². The smallest absolute Gasteiger partial charge is 0.255 e. The maximum Gasteiger partial charge on any atom is 0.255 e. The molecule has 0 radical (unpaired) electrons. The summed E-state index contributed by atoms with van der Waals surface area (Å²) in [5.74, 6) is 1.32. The summed E-state index contributed by atoms with van der Waals surface area (Å²) in [7, 11) is 0. The third kappa shape index (κ3) is 5.34. The van der Waals surface area contributed by atoms with Gasteiger partial charge in [0.2, 0.25) is 0 Å². The molecular formula is C27H29NO3. The lowest BCUT2D eigenvalue weighted by Gasteiger charge is -2.13. The zero-order valence-electron chi connectivity index (χ0n) is 18.7. The molecule has 3 rings (SSSR count). The van der Waals surface area contributed by atoms with Gasteiger partial charge < -0.3 is 15.2 Å². The highest BCUT2D eigenvalue weighted by Gasteiger charge is 2.09. The van der Waals surface area contributed by atoms with Crippen molar-refractivity contribution in [1.82, 2.24) is 0 Å². The number of allylic oxidation sites excluding steroid dienone is 2. The quantitative estimate of drug-likeness (QED) is 0.445. The first-order valence-corrected chi connectivity index (χ1v) is 10.4. The van der Waals surface area contributed by atoms with E-state index in [9.17, 15) is 9.90 Å². The Hall–Kier alpha value is -3.53. The van der Waals surface area contributed by atoms with Gasteiger partial charge in [-0.15, -0.1) is 0 Å². The van der Waals surface area contributed by atoms with Gasteiger partial charge in [-0.05, 0) is 98.8 Å². The monoisotopic (exact) mass is 415 g/mol. The number of hydrogen-bond donors (Lipinski definition) is 2. The van der Waals surface area contributed by atoms with Gasteiger partial charge in [0, 0.05) is 17.3 Å². The lowest BCUT2D eigenvalue weighted by molar-refractivity contribution is 0.102. The van der Waals surface area contributed by atoms with Crippen molar-refractivity contribution < 1.29 is 14.6 Å². The fraction of sp³-hybridized carbons (Fsp3) is 0.222. The highest BCUT2D eigenvalue weighted by atomic mass is 16.5. The number of rotatable bonds is 6. The number of phenols is 1. The molecule has 4 nitrogen and oxygen atoms in total. The lowest BCUT2D eigenvalue weighted by Crippen LogP contribution is -2.11. The second kappa shape index (κ2) is 9.52. The summed E-state index contributed by atoms with van der Waals surface area (Å²) in [5.41, 5.74) is 6.85. The topological polar surface area (TPSA) is 58.6 Å². The largest absolute Gasteiger partial charge is 0.508 e. The van der Waals surface area contributed by atoms with Crippen molar-refractivity contribution in [3.8, 4) is 17.2 Å². The SMILES string of the molecule is CC/C(C)=C(/C)c1cc(Oc2ccc(C(=O)Nc3ccc(C)c(O)c3)cc2)ccc1C. The van der Waals surface area contributed by atoms with Crippen LogP contribution in [-0.4, -0.2) is 11.0 Å². The summed E-state index contributed by atoms with van der Waals surface area (Å²) < 4.78 is 6.03. The van der Waals surface area contributed by atoms with Crippen LogP contribution in [0.1, 0.15) is 54.2 Å². The number of hydrogen-bond acceptors (Lipinski definition) is 3. The van der Waals surface area contributed by atoms with E-state index < -0.39 is 0 Å². The highest BCUT2D eigenvalue weighted by molar-refractivity contribution is 6.04. The van der Waals surface area contributed by atoms with Crippen LogP contribution in [0.2, 0.25) is 0 Å². The minimum atomic E-state index is -0.247. The molecular weight excluding hydrogens is 386 g/mol. The van der Waals surface area contributed by atoms with Gasteiger partial charge in [0.15, 0.2) is 0 Å². The predicted octanol–water partition coefficient (Wildman–Crippen LogP) is 7.26. The minimum absolute atomic E-state index is 0.151. The molecule has 0 bridgehead atoms. The van der Waals surface area contributed by atoms with Gasteiger partial charge in [-0.2, -0.15) is 0 Å². The van der Waals surface area contributed by atoms with Crippen LogP contribution in [0.4, 0.5) is 5.69 Å². The molecule has 3 aromatic carbocycles. The summed E-state index contributed by atoms with van der Waals surface area (Å²) in [6, 6.07) is 18.1. The predicted molar refractivity (Wildman–Crippen MR) is 127 cm³/mol. The molecule has 0 aromatic heterocycles. The van der Waals surface area contributed by atoms with Gasteiger partial charge in [-0.1, -0.05) is 24.6 Å². The third-order valence-corrected chi connectivity index (χ3v) is 5.60. The Morgan fingerprint density at radius 3 is 2.19 bits per heavy atom. The van der Waals surface area contributed by atoms with E-state index in [1.54, 1.807) is 43.3 Å². The summed E-state index contributed by atoms with van der Waals surface area (Å²) in [6.45, 7) is 10.4. The van der Waals surface area contributed by atoms with Crippen LogP contribution in [-0.2, 0) is 0 Å². The summed E-state index contributed by atoms with van der Waals surface area (Å²) in [5, 5.41) is 12.6. The number of amides is 1.